The van der Waals surface area contributed by atoms with E-state index in [2.05, 4.69) is 10.6 Å². The average Bonchev–Trinajstić information content (AvgIpc) is 2.81. The lowest BCUT2D eigenvalue weighted by Crippen LogP contribution is -2.16. The predicted octanol–water partition coefficient (Wildman–Crippen LogP) is 2.54. The molecule has 0 aliphatic carbocycles. The molecule has 1 aromatic heterocycles. The molecule has 108 valence electrons. The predicted molar refractivity (Wildman–Crippen MR) is 81.2 cm³/mol. The van der Waals surface area contributed by atoms with Gasteiger partial charge in [0.2, 0.25) is 0 Å². The summed E-state index contributed by atoms with van der Waals surface area (Å²) < 4.78 is 27.1. The summed E-state index contributed by atoms with van der Waals surface area (Å²) in [4.78, 5) is 10.7. The Balaban J connectivity index is 2.46. The molecule has 0 fully saturated rings. The number of hydrogen-bond donors (Lipinski definition) is 2. The highest BCUT2D eigenvalue weighted by Gasteiger charge is 2.26. The molecule has 1 heterocycles. The Kier molecular flexibility index (Phi) is 4.02. The Labute approximate surface area is 126 Å². The first-order valence-electron chi connectivity index (χ1n) is 5.76. The summed E-state index contributed by atoms with van der Waals surface area (Å²) in [6.45, 7) is 1.55. The fraction of sp³-hybridized carbons (Fsp3) is 0.0714. The summed E-state index contributed by atoms with van der Waals surface area (Å²) in [6.07, 6.45) is 5.26. The number of thiophene rings is 1. The van der Waals surface area contributed by atoms with Gasteiger partial charge in [0.1, 0.15) is 9.77 Å². The van der Waals surface area contributed by atoms with Gasteiger partial charge in [0.15, 0.2) is 0 Å². The maximum Gasteiger partial charge on any atom is 0.347 e. The van der Waals surface area contributed by atoms with Gasteiger partial charge in [0.05, 0.1) is 5.69 Å². The van der Waals surface area contributed by atoms with Crippen LogP contribution in [0.2, 0.25) is 0 Å². The highest BCUT2D eigenvalue weighted by Crippen LogP contribution is 2.28. The van der Waals surface area contributed by atoms with E-state index in [4.69, 9.17) is 11.5 Å². The van der Waals surface area contributed by atoms with Crippen LogP contribution < -0.4 is 4.72 Å². The van der Waals surface area contributed by atoms with Crippen LogP contribution in [0.3, 0.4) is 0 Å². The van der Waals surface area contributed by atoms with E-state index in [1.54, 1.807) is 25.1 Å². The standard InChI is InChI=1S/C14H11NO4S2/c1-3-10-5-4-6-11(7-10)15-21(18,19)13-9(2)8-20-12(13)14(16)17/h1,4-8,15H,2H3,(H,16,17). The largest absolute Gasteiger partial charge is 0.477 e. The van der Waals surface area contributed by atoms with Crippen LogP contribution in [0.1, 0.15) is 20.8 Å². The monoisotopic (exact) mass is 321 g/mol. The first-order valence-corrected chi connectivity index (χ1v) is 8.12. The molecule has 2 N–H and O–H groups in total. The summed E-state index contributed by atoms with van der Waals surface area (Å²) in [5, 5.41) is 10.6. The Morgan fingerprint density at radius 2 is 2.14 bits per heavy atom. The normalized spacial score (nSPS) is 10.9. The van der Waals surface area contributed by atoms with Gasteiger partial charge in [0, 0.05) is 5.56 Å². The smallest absolute Gasteiger partial charge is 0.347 e. The lowest BCUT2D eigenvalue weighted by molar-refractivity contribution is 0.0698. The van der Waals surface area contributed by atoms with Crippen LogP contribution in [0.15, 0.2) is 34.5 Å². The van der Waals surface area contributed by atoms with E-state index in [1.165, 1.54) is 11.4 Å². The molecule has 5 nitrogen and oxygen atoms in total. The molecule has 0 unspecified atom stereocenters. The van der Waals surface area contributed by atoms with Gasteiger partial charge < -0.3 is 5.11 Å². The number of anilines is 1. The fourth-order valence-corrected chi connectivity index (χ4v) is 4.48. The summed E-state index contributed by atoms with van der Waals surface area (Å²) >= 11 is 0.878. The molecule has 2 rings (SSSR count). The highest BCUT2D eigenvalue weighted by atomic mass is 32.2. The zero-order chi connectivity index (χ0) is 15.6. The van der Waals surface area contributed by atoms with Crippen molar-refractivity contribution in [3.8, 4) is 12.3 Å². The molecule has 0 radical (unpaired) electrons. The molecular weight excluding hydrogens is 310 g/mol. The zero-order valence-corrected chi connectivity index (χ0v) is 12.6. The number of terminal acetylenes is 1. The van der Waals surface area contributed by atoms with Crippen LogP contribution in [0.4, 0.5) is 5.69 Å². The second-order valence-electron chi connectivity index (χ2n) is 4.21. The third-order valence-electron chi connectivity index (χ3n) is 2.66. The Morgan fingerprint density at radius 3 is 2.76 bits per heavy atom. The number of carboxylic acids is 1. The van der Waals surface area contributed by atoms with Crippen LogP contribution in [0, 0.1) is 19.3 Å². The van der Waals surface area contributed by atoms with Crippen molar-refractivity contribution < 1.29 is 18.3 Å². The third kappa shape index (κ3) is 3.07. The van der Waals surface area contributed by atoms with E-state index < -0.39 is 16.0 Å². The first-order chi connectivity index (χ1) is 9.85. The maximum atomic E-state index is 12.4. The fourth-order valence-electron chi connectivity index (χ4n) is 1.79. The lowest BCUT2D eigenvalue weighted by atomic mass is 10.2. The number of carboxylic acid groups (broad SMARTS) is 1. The van der Waals surface area contributed by atoms with Gasteiger partial charge in [-0.05, 0) is 36.1 Å². The number of aromatic carboxylic acids is 1. The summed E-state index contributed by atoms with van der Waals surface area (Å²) in [5.41, 5.74) is 1.20. The number of nitrogens with one attached hydrogen (secondary N) is 1. The minimum Gasteiger partial charge on any atom is -0.477 e. The van der Waals surface area contributed by atoms with Gasteiger partial charge in [-0.2, -0.15) is 0 Å². The second kappa shape index (κ2) is 5.60. The van der Waals surface area contributed by atoms with E-state index in [0.29, 0.717) is 11.1 Å². The third-order valence-corrected chi connectivity index (χ3v) is 5.45. The Bertz CT molecular complexity index is 844. The molecule has 0 aliphatic heterocycles. The van der Waals surface area contributed by atoms with E-state index in [0.717, 1.165) is 11.3 Å². The van der Waals surface area contributed by atoms with Crippen LogP contribution in [-0.2, 0) is 10.0 Å². The van der Waals surface area contributed by atoms with Crippen molar-refractivity contribution in [1.29, 1.82) is 0 Å². The van der Waals surface area contributed by atoms with Crippen molar-refractivity contribution in [3.05, 3.63) is 45.6 Å². The Hall–Kier alpha value is -2.30. The summed E-state index contributed by atoms with van der Waals surface area (Å²) in [6, 6.07) is 6.32. The van der Waals surface area contributed by atoms with Gasteiger partial charge >= 0.3 is 5.97 Å². The molecule has 21 heavy (non-hydrogen) atoms. The quantitative estimate of drug-likeness (QED) is 0.848. The van der Waals surface area contributed by atoms with Gasteiger partial charge in [-0.1, -0.05) is 12.0 Å². The molecule has 0 saturated carbocycles. The Morgan fingerprint density at radius 1 is 1.43 bits per heavy atom. The lowest BCUT2D eigenvalue weighted by Gasteiger charge is -2.09. The van der Waals surface area contributed by atoms with Gasteiger partial charge in [-0.25, -0.2) is 13.2 Å². The number of benzene rings is 1. The zero-order valence-electron chi connectivity index (χ0n) is 11.0. The van der Waals surface area contributed by atoms with Crippen LogP contribution in [-0.4, -0.2) is 19.5 Å². The summed E-state index contributed by atoms with van der Waals surface area (Å²) in [5.74, 6) is 1.13. The van der Waals surface area contributed by atoms with Crippen molar-refractivity contribution in [2.75, 3.05) is 4.72 Å². The second-order valence-corrected chi connectivity index (χ2v) is 6.71. The highest BCUT2D eigenvalue weighted by molar-refractivity contribution is 7.93. The van der Waals surface area contributed by atoms with E-state index in [1.807, 2.05) is 0 Å². The van der Waals surface area contributed by atoms with Gasteiger partial charge in [-0.3, -0.25) is 4.72 Å². The number of aryl methyl sites for hydroxylation is 1. The molecule has 0 atom stereocenters. The number of carbonyl (C=O) groups is 1. The molecule has 2 aromatic rings. The molecule has 1 aromatic carbocycles. The molecule has 0 amide bonds. The van der Waals surface area contributed by atoms with Crippen LogP contribution in [0.5, 0.6) is 0 Å². The molecule has 0 aliphatic rings. The van der Waals surface area contributed by atoms with Gasteiger partial charge in [-0.15, -0.1) is 17.8 Å². The van der Waals surface area contributed by atoms with E-state index >= 15 is 0 Å². The van der Waals surface area contributed by atoms with Crippen LogP contribution >= 0.6 is 11.3 Å². The SMILES string of the molecule is C#Cc1cccc(NS(=O)(=O)c2c(C)csc2C(=O)O)c1. The van der Waals surface area contributed by atoms with E-state index in [-0.39, 0.29) is 15.5 Å². The van der Waals surface area contributed by atoms with Crippen molar-refractivity contribution >= 4 is 33.0 Å². The molecule has 0 bridgehead atoms. The number of sulfonamides is 1. The number of rotatable bonds is 4. The first kappa shape index (κ1) is 15.1. The van der Waals surface area contributed by atoms with E-state index in [9.17, 15) is 13.2 Å². The molecular formula is C14H11NO4S2. The maximum absolute atomic E-state index is 12.4. The van der Waals surface area contributed by atoms with Crippen molar-refractivity contribution in [2.24, 2.45) is 0 Å². The number of hydrogen-bond acceptors (Lipinski definition) is 4. The molecule has 7 heteroatoms. The minimum absolute atomic E-state index is 0.215. The van der Waals surface area contributed by atoms with Crippen molar-refractivity contribution in [1.82, 2.24) is 0 Å². The average molecular weight is 321 g/mol. The van der Waals surface area contributed by atoms with Crippen molar-refractivity contribution in [3.63, 3.8) is 0 Å². The van der Waals surface area contributed by atoms with Gasteiger partial charge in [0.25, 0.3) is 10.0 Å². The summed E-state index contributed by atoms with van der Waals surface area (Å²) in [7, 11) is -3.99. The van der Waals surface area contributed by atoms with Crippen molar-refractivity contribution in [2.45, 2.75) is 11.8 Å². The minimum atomic E-state index is -3.99. The molecule has 0 saturated heterocycles. The molecule has 0 spiro atoms. The topological polar surface area (TPSA) is 83.5 Å². The van der Waals surface area contributed by atoms with Crippen LogP contribution in [0.25, 0.3) is 0 Å².